The van der Waals surface area contributed by atoms with Crippen LogP contribution in [0.5, 0.6) is 0 Å². The van der Waals surface area contributed by atoms with E-state index in [1.165, 1.54) is 6.92 Å². The number of likely N-dealkylation sites (tertiary alicyclic amines) is 1. The number of piperidine rings is 1. The lowest BCUT2D eigenvalue weighted by Gasteiger charge is -2.32. The Hall–Kier alpha value is -1.88. The molecule has 0 bridgehead atoms. The highest BCUT2D eigenvalue weighted by Gasteiger charge is 2.28. The van der Waals surface area contributed by atoms with E-state index in [9.17, 15) is 14.7 Å². The first-order valence-electron chi connectivity index (χ1n) is 6.89. The van der Waals surface area contributed by atoms with Gasteiger partial charge in [0.25, 0.3) is 0 Å². The first-order valence-corrected chi connectivity index (χ1v) is 6.89. The maximum atomic E-state index is 11.2. The molecule has 1 atom stereocenters. The van der Waals surface area contributed by atoms with Crippen molar-refractivity contribution in [2.24, 2.45) is 0 Å². The molecule has 2 N–H and O–H groups in total. The highest BCUT2D eigenvalue weighted by Crippen LogP contribution is 2.20. The summed E-state index contributed by atoms with van der Waals surface area (Å²) in [6, 6.07) is 7.17. The summed E-state index contributed by atoms with van der Waals surface area (Å²) in [6.07, 6.45) is 2.75. The molecular formula is C15H20N2O3. The number of carbonyl (C=O) groups excluding carboxylic acids is 1. The Morgan fingerprint density at radius 3 is 2.60 bits per heavy atom. The molecule has 0 radical (unpaired) electrons. The summed E-state index contributed by atoms with van der Waals surface area (Å²) in [4.78, 5) is 24.2. The molecule has 1 fully saturated rings. The fourth-order valence-electron chi connectivity index (χ4n) is 2.59. The van der Waals surface area contributed by atoms with Crippen LogP contribution in [0.3, 0.4) is 0 Å². The molecule has 1 heterocycles. The predicted molar refractivity (Wildman–Crippen MR) is 76.4 cm³/mol. The van der Waals surface area contributed by atoms with E-state index in [-0.39, 0.29) is 11.9 Å². The molecule has 20 heavy (non-hydrogen) atoms. The number of amides is 1. The second-order valence-electron chi connectivity index (χ2n) is 5.20. The molecule has 5 nitrogen and oxygen atoms in total. The summed E-state index contributed by atoms with van der Waals surface area (Å²) in [5, 5.41) is 12.0. The number of aliphatic carboxylic acids is 1. The molecule has 1 aliphatic heterocycles. The Morgan fingerprint density at radius 1 is 1.30 bits per heavy atom. The number of carboxylic acids is 1. The zero-order valence-electron chi connectivity index (χ0n) is 11.6. The van der Waals surface area contributed by atoms with Crippen LogP contribution in [0.25, 0.3) is 0 Å². The fourth-order valence-corrected chi connectivity index (χ4v) is 2.59. The van der Waals surface area contributed by atoms with Gasteiger partial charge in [0.05, 0.1) is 0 Å². The van der Waals surface area contributed by atoms with Crippen LogP contribution < -0.4 is 5.32 Å². The lowest BCUT2D eigenvalue weighted by Crippen LogP contribution is -2.43. The predicted octanol–water partition coefficient (Wildman–Crippen LogP) is 2.08. The van der Waals surface area contributed by atoms with E-state index in [1.807, 2.05) is 29.2 Å². The van der Waals surface area contributed by atoms with Crippen molar-refractivity contribution in [3.8, 4) is 0 Å². The molecule has 1 aromatic rings. The quantitative estimate of drug-likeness (QED) is 0.883. The van der Waals surface area contributed by atoms with Crippen LogP contribution in [0.15, 0.2) is 24.3 Å². The van der Waals surface area contributed by atoms with Gasteiger partial charge in [-0.15, -0.1) is 0 Å². The van der Waals surface area contributed by atoms with Gasteiger partial charge in [-0.1, -0.05) is 18.6 Å². The Morgan fingerprint density at radius 2 is 2.00 bits per heavy atom. The van der Waals surface area contributed by atoms with Crippen molar-refractivity contribution in [1.82, 2.24) is 4.90 Å². The maximum absolute atomic E-state index is 11.2. The average molecular weight is 276 g/mol. The molecule has 2 rings (SSSR count). The van der Waals surface area contributed by atoms with Crippen molar-refractivity contribution in [3.05, 3.63) is 29.8 Å². The van der Waals surface area contributed by atoms with Gasteiger partial charge < -0.3 is 10.4 Å². The van der Waals surface area contributed by atoms with Gasteiger partial charge in [-0.3, -0.25) is 14.5 Å². The molecule has 1 unspecified atom stereocenters. The molecule has 0 aliphatic carbocycles. The summed E-state index contributed by atoms with van der Waals surface area (Å²) in [5.41, 5.74) is 1.82. The van der Waals surface area contributed by atoms with E-state index in [0.29, 0.717) is 6.54 Å². The Kier molecular flexibility index (Phi) is 4.74. The molecule has 1 aliphatic rings. The number of benzene rings is 1. The van der Waals surface area contributed by atoms with E-state index in [4.69, 9.17) is 0 Å². The van der Waals surface area contributed by atoms with Crippen LogP contribution >= 0.6 is 0 Å². The number of carboxylic acid groups (broad SMARTS) is 1. The topological polar surface area (TPSA) is 69.6 Å². The van der Waals surface area contributed by atoms with Crippen LogP contribution in [0, 0.1) is 0 Å². The average Bonchev–Trinajstić information content (AvgIpc) is 2.41. The number of hydrogen-bond donors (Lipinski definition) is 2. The second kappa shape index (κ2) is 6.52. The monoisotopic (exact) mass is 276 g/mol. The van der Waals surface area contributed by atoms with Gasteiger partial charge in [0.1, 0.15) is 6.04 Å². The SMILES string of the molecule is CC(=O)Nc1ccc(CN2CCCCC2C(=O)O)cc1. The number of anilines is 1. The fraction of sp³-hybridized carbons (Fsp3) is 0.467. The van der Waals surface area contributed by atoms with E-state index in [0.717, 1.165) is 37.1 Å². The highest BCUT2D eigenvalue weighted by atomic mass is 16.4. The Balaban J connectivity index is 2.01. The molecule has 0 spiro atoms. The molecule has 108 valence electrons. The molecule has 0 saturated carbocycles. The van der Waals surface area contributed by atoms with Crippen LogP contribution in [0.4, 0.5) is 5.69 Å². The van der Waals surface area contributed by atoms with Gasteiger partial charge in [0.15, 0.2) is 0 Å². The van der Waals surface area contributed by atoms with Gasteiger partial charge in [-0.25, -0.2) is 0 Å². The number of nitrogens with one attached hydrogen (secondary N) is 1. The molecule has 1 aromatic carbocycles. The maximum Gasteiger partial charge on any atom is 0.320 e. The van der Waals surface area contributed by atoms with Crippen molar-refractivity contribution in [3.63, 3.8) is 0 Å². The molecule has 5 heteroatoms. The summed E-state index contributed by atoms with van der Waals surface area (Å²) >= 11 is 0. The number of hydrogen-bond acceptors (Lipinski definition) is 3. The third-order valence-corrected chi connectivity index (χ3v) is 3.56. The minimum atomic E-state index is -0.737. The van der Waals surface area contributed by atoms with Crippen molar-refractivity contribution in [2.75, 3.05) is 11.9 Å². The summed E-state index contributed by atoms with van der Waals surface area (Å²) < 4.78 is 0. The smallest absolute Gasteiger partial charge is 0.320 e. The summed E-state index contributed by atoms with van der Waals surface area (Å²) in [5.74, 6) is -0.834. The zero-order chi connectivity index (χ0) is 14.5. The van der Waals surface area contributed by atoms with Crippen molar-refractivity contribution < 1.29 is 14.7 Å². The van der Waals surface area contributed by atoms with Crippen LogP contribution in [-0.2, 0) is 16.1 Å². The van der Waals surface area contributed by atoms with Crippen molar-refractivity contribution in [2.45, 2.75) is 38.8 Å². The van der Waals surface area contributed by atoms with Gasteiger partial charge in [0, 0.05) is 19.2 Å². The minimum absolute atomic E-state index is 0.0975. The van der Waals surface area contributed by atoms with Crippen LogP contribution in [-0.4, -0.2) is 34.5 Å². The Labute approximate surface area is 118 Å². The second-order valence-corrected chi connectivity index (χ2v) is 5.20. The molecule has 0 aromatic heterocycles. The molecule has 1 saturated heterocycles. The number of rotatable bonds is 4. The van der Waals surface area contributed by atoms with Crippen LogP contribution in [0.1, 0.15) is 31.7 Å². The zero-order valence-corrected chi connectivity index (χ0v) is 11.6. The lowest BCUT2D eigenvalue weighted by atomic mass is 10.0. The molecular weight excluding hydrogens is 256 g/mol. The van der Waals surface area contributed by atoms with Crippen molar-refractivity contribution >= 4 is 17.6 Å². The van der Waals surface area contributed by atoms with E-state index in [2.05, 4.69) is 5.32 Å². The van der Waals surface area contributed by atoms with E-state index >= 15 is 0 Å². The first kappa shape index (κ1) is 14.5. The first-order chi connectivity index (χ1) is 9.56. The highest BCUT2D eigenvalue weighted by molar-refractivity contribution is 5.88. The van der Waals surface area contributed by atoms with Crippen molar-refractivity contribution in [1.29, 1.82) is 0 Å². The minimum Gasteiger partial charge on any atom is -0.480 e. The normalized spacial score (nSPS) is 19.6. The third-order valence-electron chi connectivity index (χ3n) is 3.56. The number of nitrogens with zero attached hydrogens (tertiary/aromatic N) is 1. The van der Waals surface area contributed by atoms with E-state index in [1.54, 1.807) is 0 Å². The number of carbonyl (C=O) groups is 2. The van der Waals surface area contributed by atoms with E-state index < -0.39 is 5.97 Å². The summed E-state index contributed by atoms with van der Waals surface area (Å²) in [7, 11) is 0. The van der Waals surface area contributed by atoms with Gasteiger partial charge in [-0.2, -0.15) is 0 Å². The van der Waals surface area contributed by atoms with Gasteiger partial charge >= 0.3 is 5.97 Å². The lowest BCUT2D eigenvalue weighted by molar-refractivity contribution is -0.144. The summed E-state index contributed by atoms with van der Waals surface area (Å²) in [6.45, 7) is 2.93. The standard InChI is InChI=1S/C15H20N2O3/c1-11(18)16-13-7-5-12(6-8-13)10-17-9-3-2-4-14(17)15(19)20/h5-8,14H,2-4,9-10H2,1H3,(H,16,18)(H,19,20). The van der Waals surface area contributed by atoms with Gasteiger partial charge in [-0.05, 0) is 37.1 Å². The third kappa shape index (κ3) is 3.81. The largest absolute Gasteiger partial charge is 0.480 e. The molecule has 1 amide bonds. The van der Waals surface area contributed by atoms with Crippen LogP contribution in [0.2, 0.25) is 0 Å². The Bertz CT molecular complexity index is 484. The van der Waals surface area contributed by atoms with Gasteiger partial charge in [0.2, 0.25) is 5.91 Å².